The maximum Gasteiger partial charge on any atom is 0.254 e. The molecule has 1 spiro atoms. The minimum absolute atomic E-state index is 0.0228. The van der Waals surface area contributed by atoms with Crippen LogP contribution in [0.3, 0.4) is 0 Å². The van der Waals surface area contributed by atoms with E-state index in [2.05, 4.69) is 4.98 Å². The molecule has 2 aliphatic heterocycles. The van der Waals surface area contributed by atoms with Gasteiger partial charge in [0, 0.05) is 49.6 Å². The van der Waals surface area contributed by atoms with Gasteiger partial charge < -0.3 is 14.5 Å². The Morgan fingerprint density at radius 3 is 2.42 bits per heavy atom. The second kappa shape index (κ2) is 7.35. The van der Waals surface area contributed by atoms with Crippen LogP contribution in [0, 0.1) is 11.3 Å². The molecule has 6 nitrogen and oxygen atoms in total. The van der Waals surface area contributed by atoms with Crippen LogP contribution in [0.1, 0.15) is 42.5 Å². The number of morpholine rings is 1. The Morgan fingerprint density at radius 2 is 1.73 bits per heavy atom. The summed E-state index contributed by atoms with van der Waals surface area (Å²) in [7, 11) is 0. The van der Waals surface area contributed by atoms with Crippen molar-refractivity contribution in [3.05, 3.63) is 30.1 Å². The number of aromatic nitrogens is 1. The van der Waals surface area contributed by atoms with Gasteiger partial charge in [-0.3, -0.25) is 14.6 Å². The number of amides is 2. The third-order valence-electron chi connectivity index (χ3n) is 6.33. The molecule has 1 aromatic heterocycles. The molecule has 1 aromatic rings. The van der Waals surface area contributed by atoms with Crippen molar-refractivity contribution < 1.29 is 14.3 Å². The van der Waals surface area contributed by atoms with Gasteiger partial charge in [0.2, 0.25) is 5.91 Å². The van der Waals surface area contributed by atoms with Gasteiger partial charge in [-0.05, 0) is 25.0 Å². The normalized spacial score (nSPS) is 25.5. The van der Waals surface area contributed by atoms with E-state index < -0.39 is 0 Å². The number of ether oxygens (including phenoxy) is 1. The van der Waals surface area contributed by atoms with Crippen molar-refractivity contribution in [2.24, 2.45) is 11.3 Å². The smallest absolute Gasteiger partial charge is 0.254 e. The van der Waals surface area contributed by atoms with Gasteiger partial charge in [-0.2, -0.15) is 0 Å². The first kappa shape index (κ1) is 17.5. The van der Waals surface area contributed by atoms with Crippen LogP contribution in [-0.4, -0.2) is 66.0 Å². The maximum absolute atomic E-state index is 13.3. The second-order valence-electron chi connectivity index (χ2n) is 7.83. The first-order valence-electron chi connectivity index (χ1n) is 9.75. The molecule has 6 heteroatoms. The molecule has 3 heterocycles. The van der Waals surface area contributed by atoms with Crippen LogP contribution in [0.5, 0.6) is 0 Å². The summed E-state index contributed by atoms with van der Waals surface area (Å²) in [6.45, 7) is 3.82. The minimum atomic E-state index is -0.0771. The maximum atomic E-state index is 13.3. The number of carbonyl (C=O) groups excluding carboxylic acids is 2. The number of nitrogens with zero attached hydrogens (tertiary/aromatic N) is 3. The number of hydrogen-bond donors (Lipinski definition) is 0. The molecule has 0 N–H and O–H groups in total. The molecule has 1 saturated carbocycles. The molecule has 4 rings (SSSR count). The van der Waals surface area contributed by atoms with E-state index >= 15 is 0 Å². The zero-order chi connectivity index (χ0) is 18.0. The first-order chi connectivity index (χ1) is 12.7. The van der Waals surface area contributed by atoms with Gasteiger partial charge in [-0.15, -0.1) is 0 Å². The standard InChI is InChI=1S/C20H27N3O3/c24-18(16-4-8-21-9-5-16)23-14-17(19(25)22-10-12-26-13-11-22)20(15-23)6-2-1-3-7-20/h4-5,8-9,17H,1-3,6-7,10-15H2. The average Bonchev–Trinajstić information content (AvgIpc) is 3.07. The molecule has 1 unspecified atom stereocenters. The number of likely N-dealkylation sites (tertiary alicyclic amines) is 1. The molecular formula is C20H27N3O3. The number of hydrogen-bond acceptors (Lipinski definition) is 4. The molecule has 3 fully saturated rings. The largest absolute Gasteiger partial charge is 0.378 e. The zero-order valence-corrected chi connectivity index (χ0v) is 15.2. The number of carbonyl (C=O) groups is 2. The number of pyridine rings is 1. The molecule has 0 radical (unpaired) electrons. The van der Waals surface area contributed by atoms with Gasteiger partial charge in [0.25, 0.3) is 5.91 Å². The van der Waals surface area contributed by atoms with E-state index in [-0.39, 0.29) is 23.1 Å². The van der Waals surface area contributed by atoms with Crippen LogP contribution in [0.25, 0.3) is 0 Å². The van der Waals surface area contributed by atoms with Crippen LogP contribution in [-0.2, 0) is 9.53 Å². The fourth-order valence-electron chi connectivity index (χ4n) is 4.91. The highest BCUT2D eigenvalue weighted by Gasteiger charge is 2.52. The molecule has 1 aliphatic carbocycles. The summed E-state index contributed by atoms with van der Waals surface area (Å²) in [5.41, 5.74) is 0.612. The van der Waals surface area contributed by atoms with Gasteiger partial charge in [-0.25, -0.2) is 0 Å². The Kier molecular flexibility index (Phi) is 4.94. The summed E-state index contributed by atoms with van der Waals surface area (Å²) < 4.78 is 5.40. The van der Waals surface area contributed by atoms with E-state index in [1.54, 1.807) is 24.5 Å². The third kappa shape index (κ3) is 3.22. The van der Waals surface area contributed by atoms with Crippen LogP contribution in [0.2, 0.25) is 0 Å². The van der Waals surface area contributed by atoms with E-state index in [0.29, 0.717) is 45.0 Å². The Morgan fingerprint density at radius 1 is 1.04 bits per heavy atom. The Hall–Kier alpha value is -1.95. The predicted molar refractivity (Wildman–Crippen MR) is 96.5 cm³/mol. The summed E-state index contributed by atoms with van der Waals surface area (Å²) in [6, 6.07) is 3.51. The van der Waals surface area contributed by atoms with Gasteiger partial charge in [0.15, 0.2) is 0 Å². The third-order valence-corrected chi connectivity index (χ3v) is 6.33. The molecule has 26 heavy (non-hydrogen) atoms. The van der Waals surface area contributed by atoms with Gasteiger partial charge in [0.05, 0.1) is 19.1 Å². The minimum Gasteiger partial charge on any atom is -0.378 e. The van der Waals surface area contributed by atoms with Crippen molar-refractivity contribution >= 4 is 11.8 Å². The summed E-state index contributed by atoms with van der Waals surface area (Å²) in [4.78, 5) is 34.1. The van der Waals surface area contributed by atoms with E-state index in [1.165, 1.54) is 6.42 Å². The van der Waals surface area contributed by atoms with Crippen LogP contribution in [0.4, 0.5) is 0 Å². The topological polar surface area (TPSA) is 62.7 Å². The lowest BCUT2D eigenvalue weighted by Crippen LogP contribution is -2.48. The highest BCUT2D eigenvalue weighted by atomic mass is 16.5. The van der Waals surface area contributed by atoms with Gasteiger partial charge in [-0.1, -0.05) is 19.3 Å². The highest BCUT2D eigenvalue weighted by Crippen LogP contribution is 2.48. The summed E-state index contributed by atoms with van der Waals surface area (Å²) in [5.74, 6) is 0.168. The Bertz CT molecular complexity index is 652. The average molecular weight is 357 g/mol. The molecule has 3 aliphatic rings. The fraction of sp³-hybridized carbons (Fsp3) is 0.650. The van der Waals surface area contributed by atoms with Gasteiger partial charge >= 0.3 is 0 Å². The molecule has 0 bridgehead atoms. The highest BCUT2D eigenvalue weighted by molar-refractivity contribution is 5.95. The summed E-state index contributed by atoms with van der Waals surface area (Å²) in [6.07, 6.45) is 8.95. The van der Waals surface area contributed by atoms with E-state index in [9.17, 15) is 9.59 Å². The van der Waals surface area contributed by atoms with Crippen LogP contribution < -0.4 is 0 Å². The molecule has 0 aromatic carbocycles. The molecule has 2 amide bonds. The van der Waals surface area contributed by atoms with Crippen molar-refractivity contribution in [1.82, 2.24) is 14.8 Å². The molecule has 1 atom stereocenters. The van der Waals surface area contributed by atoms with Gasteiger partial charge in [0.1, 0.15) is 0 Å². The summed E-state index contributed by atoms with van der Waals surface area (Å²) in [5, 5.41) is 0. The van der Waals surface area contributed by atoms with E-state index in [0.717, 1.165) is 25.7 Å². The van der Waals surface area contributed by atoms with Crippen molar-refractivity contribution in [2.45, 2.75) is 32.1 Å². The summed E-state index contributed by atoms with van der Waals surface area (Å²) >= 11 is 0. The van der Waals surface area contributed by atoms with Crippen LogP contribution >= 0.6 is 0 Å². The lowest BCUT2D eigenvalue weighted by Gasteiger charge is -2.40. The zero-order valence-electron chi connectivity index (χ0n) is 15.2. The second-order valence-corrected chi connectivity index (χ2v) is 7.83. The molecule has 140 valence electrons. The van der Waals surface area contributed by atoms with Crippen molar-refractivity contribution in [3.63, 3.8) is 0 Å². The Labute approximate surface area is 154 Å². The Balaban J connectivity index is 1.57. The SMILES string of the molecule is O=C(c1ccncc1)N1CC(C(=O)N2CCOCC2)C2(CCCCC2)C1. The fourth-order valence-corrected chi connectivity index (χ4v) is 4.91. The predicted octanol–water partition coefficient (Wildman–Crippen LogP) is 1.96. The van der Waals surface area contributed by atoms with Crippen molar-refractivity contribution in [1.29, 1.82) is 0 Å². The van der Waals surface area contributed by atoms with Crippen molar-refractivity contribution in [3.8, 4) is 0 Å². The molecular weight excluding hydrogens is 330 g/mol. The quantitative estimate of drug-likeness (QED) is 0.812. The number of rotatable bonds is 2. The monoisotopic (exact) mass is 357 g/mol. The lowest BCUT2D eigenvalue weighted by molar-refractivity contribution is -0.143. The van der Waals surface area contributed by atoms with Crippen molar-refractivity contribution in [2.75, 3.05) is 39.4 Å². The van der Waals surface area contributed by atoms with E-state index in [4.69, 9.17) is 4.74 Å². The lowest BCUT2D eigenvalue weighted by atomic mass is 9.67. The van der Waals surface area contributed by atoms with Crippen LogP contribution in [0.15, 0.2) is 24.5 Å². The van der Waals surface area contributed by atoms with E-state index in [1.807, 2.05) is 9.80 Å². The first-order valence-corrected chi connectivity index (χ1v) is 9.75. The molecule has 2 saturated heterocycles.